The average Bonchev–Trinajstić information content (AvgIpc) is 2.90. The predicted molar refractivity (Wildman–Crippen MR) is 75.5 cm³/mol. The van der Waals surface area contributed by atoms with Crippen molar-refractivity contribution >= 4 is 35.3 Å². The van der Waals surface area contributed by atoms with Crippen molar-refractivity contribution in [3.8, 4) is 0 Å². The number of carbonyl (C=O) groups excluding carboxylic acids is 3. The van der Waals surface area contributed by atoms with E-state index in [1.807, 2.05) is 0 Å². The quantitative estimate of drug-likeness (QED) is 0.615. The molecule has 23 heavy (non-hydrogen) atoms. The van der Waals surface area contributed by atoms with Gasteiger partial charge in [0, 0.05) is 12.7 Å². The van der Waals surface area contributed by atoms with Crippen molar-refractivity contribution in [2.75, 3.05) is 11.1 Å². The minimum atomic E-state index is -1.56. The Balaban J connectivity index is 2.09. The molecule has 2 rings (SSSR count). The van der Waals surface area contributed by atoms with Crippen molar-refractivity contribution in [2.24, 2.45) is 7.05 Å². The van der Waals surface area contributed by atoms with Gasteiger partial charge in [-0.25, -0.2) is 0 Å². The van der Waals surface area contributed by atoms with Crippen LogP contribution in [0.2, 0.25) is 0 Å². The van der Waals surface area contributed by atoms with Gasteiger partial charge in [0.1, 0.15) is 6.33 Å². The molecule has 0 aliphatic rings. The SMILES string of the molecule is Cn1cnnc1SCC(=O)Nc1cc(C(=O)[O-])cc(C(=O)[O-])c1. The normalized spacial score (nSPS) is 10.3. The van der Waals surface area contributed by atoms with E-state index in [4.69, 9.17) is 0 Å². The van der Waals surface area contributed by atoms with Gasteiger partial charge in [0.2, 0.25) is 5.91 Å². The number of nitrogens with zero attached hydrogens (tertiary/aromatic N) is 3. The van der Waals surface area contributed by atoms with Crippen molar-refractivity contribution in [3.05, 3.63) is 35.7 Å². The van der Waals surface area contributed by atoms with Gasteiger partial charge >= 0.3 is 0 Å². The van der Waals surface area contributed by atoms with Gasteiger partial charge in [-0.15, -0.1) is 10.2 Å². The Bertz CT molecular complexity index is 741. The molecule has 1 heterocycles. The van der Waals surface area contributed by atoms with E-state index < -0.39 is 17.8 Å². The summed E-state index contributed by atoms with van der Waals surface area (Å²) in [6, 6.07) is 3.11. The number of nitrogens with one attached hydrogen (secondary N) is 1. The molecule has 0 fully saturated rings. The molecular formula is C13H10N4O5S-2. The first kappa shape index (κ1) is 16.5. The lowest BCUT2D eigenvalue weighted by atomic mass is 10.1. The van der Waals surface area contributed by atoms with Crippen LogP contribution in [0.25, 0.3) is 0 Å². The summed E-state index contributed by atoms with van der Waals surface area (Å²) in [5.41, 5.74) is -0.722. The highest BCUT2D eigenvalue weighted by molar-refractivity contribution is 7.99. The molecule has 0 atom stereocenters. The van der Waals surface area contributed by atoms with Gasteiger partial charge in [0.05, 0.1) is 17.7 Å². The number of aryl methyl sites for hydroxylation is 1. The molecule has 0 saturated heterocycles. The number of aromatic nitrogens is 3. The zero-order valence-corrected chi connectivity index (χ0v) is 12.6. The second-order valence-electron chi connectivity index (χ2n) is 4.44. The van der Waals surface area contributed by atoms with Crippen LogP contribution < -0.4 is 15.5 Å². The van der Waals surface area contributed by atoms with Crippen LogP contribution in [0.1, 0.15) is 20.7 Å². The molecule has 9 nitrogen and oxygen atoms in total. The molecule has 10 heteroatoms. The number of carboxylic acids is 2. The highest BCUT2D eigenvalue weighted by Gasteiger charge is 2.09. The summed E-state index contributed by atoms with van der Waals surface area (Å²) in [5, 5.41) is 32.1. The minimum absolute atomic E-state index is 0.0112. The van der Waals surface area contributed by atoms with Crippen LogP contribution in [0.15, 0.2) is 29.7 Å². The minimum Gasteiger partial charge on any atom is -0.545 e. The molecular weight excluding hydrogens is 324 g/mol. The fraction of sp³-hybridized carbons (Fsp3) is 0.154. The lowest BCUT2D eigenvalue weighted by Gasteiger charge is -2.12. The predicted octanol–water partition coefficient (Wildman–Crippen LogP) is -1.73. The Morgan fingerprint density at radius 3 is 2.26 bits per heavy atom. The summed E-state index contributed by atoms with van der Waals surface area (Å²) < 4.78 is 1.63. The maximum Gasteiger partial charge on any atom is 0.234 e. The third kappa shape index (κ3) is 4.30. The summed E-state index contributed by atoms with van der Waals surface area (Å²) >= 11 is 1.12. The molecule has 1 amide bonds. The molecule has 120 valence electrons. The van der Waals surface area contributed by atoms with Crippen LogP contribution in [-0.4, -0.2) is 38.4 Å². The number of hydrogen-bond acceptors (Lipinski definition) is 8. The van der Waals surface area contributed by atoms with E-state index in [2.05, 4.69) is 15.5 Å². The van der Waals surface area contributed by atoms with E-state index in [-0.39, 0.29) is 22.6 Å². The van der Waals surface area contributed by atoms with Crippen LogP contribution in [0, 0.1) is 0 Å². The molecule has 0 aliphatic carbocycles. The molecule has 0 unspecified atom stereocenters. The van der Waals surface area contributed by atoms with E-state index in [1.54, 1.807) is 11.6 Å². The Morgan fingerprint density at radius 1 is 1.17 bits per heavy atom. The highest BCUT2D eigenvalue weighted by Crippen LogP contribution is 2.17. The average molecular weight is 334 g/mol. The maximum absolute atomic E-state index is 11.9. The topological polar surface area (TPSA) is 140 Å². The van der Waals surface area contributed by atoms with Gasteiger partial charge in [-0.3, -0.25) is 4.79 Å². The summed E-state index contributed by atoms with van der Waals surface area (Å²) in [4.78, 5) is 33.6. The summed E-state index contributed by atoms with van der Waals surface area (Å²) in [7, 11) is 1.72. The number of carboxylic acid groups (broad SMARTS) is 2. The Labute approximate surface area is 134 Å². The lowest BCUT2D eigenvalue weighted by molar-refractivity contribution is -0.255. The van der Waals surface area contributed by atoms with E-state index >= 15 is 0 Å². The largest absolute Gasteiger partial charge is 0.545 e. The first-order chi connectivity index (χ1) is 10.9. The molecule has 0 aliphatic heterocycles. The Kier molecular flexibility index (Phi) is 4.96. The Morgan fingerprint density at radius 2 is 1.78 bits per heavy atom. The van der Waals surface area contributed by atoms with Crippen molar-refractivity contribution in [1.29, 1.82) is 0 Å². The highest BCUT2D eigenvalue weighted by atomic mass is 32.2. The molecule has 0 bridgehead atoms. The van der Waals surface area contributed by atoms with Gasteiger partial charge < -0.3 is 29.7 Å². The van der Waals surface area contributed by atoms with Crippen LogP contribution in [0.5, 0.6) is 0 Å². The monoisotopic (exact) mass is 334 g/mol. The van der Waals surface area contributed by atoms with E-state index in [1.165, 1.54) is 6.33 Å². The second-order valence-corrected chi connectivity index (χ2v) is 5.38. The zero-order valence-electron chi connectivity index (χ0n) is 11.8. The Hall–Kier alpha value is -2.88. The van der Waals surface area contributed by atoms with E-state index in [9.17, 15) is 24.6 Å². The molecule has 0 saturated carbocycles. The molecule has 2 aromatic rings. The van der Waals surface area contributed by atoms with Crippen LogP contribution >= 0.6 is 11.8 Å². The second kappa shape index (κ2) is 6.92. The number of aromatic carboxylic acids is 2. The molecule has 1 aromatic heterocycles. The number of carbonyl (C=O) groups is 3. The number of hydrogen-bond donors (Lipinski definition) is 1. The summed E-state index contributed by atoms with van der Waals surface area (Å²) in [5.74, 6) is -3.59. The standard InChI is InChI=1S/C13H12N4O5S/c1-17-6-14-16-13(17)23-5-10(18)15-9-3-7(11(19)20)2-8(4-9)12(21)22/h2-4,6H,5H2,1H3,(H,15,18)(H,19,20)(H,21,22)/p-2. The molecule has 0 radical (unpaired) electrons. The van der Waals surface area contributed by atoms with Gasteiger partial charge in [0.15, 0.2) is 5.16 Å². The fourth-order valence-corrected chi connectivity index (χ4v) is 2.35. The van der Waals surface area contributed by atoms with Crippen molar-refractivity contribution < 1.29 is 24.6 Å². The van der Waals surface area contributed by atoms with Crippen LogP contribution in [0.3, 0.4) is 0 Å². The van der Waals surface area contributed by atoms with Crippen LogP contribution in [0.4, 0.5) is 5.69 Å². The van der Waals surface area contributed by atoms with E-state index in [0.29, 0.717) is 5.16 Å². The van der Waals surface area contributed by atoms with Gasteiger partial charge in [-0.1, -0.05) is 11.8 Å². The number of benzene rings is 1. The summed E-state index contributed by atoms with van der Waals surface area (Å²) in [6.07, 6.45) is 1.48. The molecule has 0 spiro atoms. The number of rotatable bonds is 6. The zero-order chi connectivity index (χ0) is 17.0. The fourth-order valence-electron chi connectivity index (χ4n) is 1.67. The van der Waals surface area contributed by atoms with Gasteiger partial charge in [-0.2, -0.15) is 0 Å². The maximum atomic E-state index is 11.9. The van der Waals surface area contributed by atoms with Crippen molar-refractivity contribution in [2.45, 2.75) is 5.16 Å². The van der Waals surface area contributed by atoms with Gasteiger partial charge in [-0.05, 0) is 29.3 Å². The van der Waals surface area contributed by atoms with E-state index in [0.717, 1.165) is 30.0 Å². The molecule has 1 aromatic carbocycles. The summed E-state index contributed by atoms with van der Waals surface area (Å²) in [6.45, 7) is 0. The molecule has 1 N–H and O–H groups in total. The van der Waals surface area contributed by atoms with Crippen molar-refractivity contribution in [3.63, 3.8) is 0 Å². The van der Waals surface area contributed by atoms with Gasteiger partial charge in [0.25, 0.3) is 0 Å². The number of amides is 1. The first-order valence-corrected chi connectivity index (χ1v) is 7.20. The van der Waals surface area contributed by atoms with Crippen molar-refractivity contribution in [1.82, 2.24) is 14.8 Å². The number of anilines is 1. The smallest absolute Gasteiger partial charge is 0.234 e. The third-order valence-electron chi connectivity index (χ3n) is 2.69. The third-order valence-corrected chi connectivity index (χ3v) is 3.72. The first-order valence-electron chi connectivity index (χ1n) is 6.21. The lowest BCUT2D eigenvalue weighted by Crippen LogP contribution is -2.26. The van der Waals surface area contributed by atoms with Crippen LogP contribution in [-0.2, 0) is 11.8 Å². The number of thioether (sulfide) groups is 1.